The highest BCUT2D eigenvalue weighted by molar-refractivity contribution is 7.91. The molecule has 8 rings (SSSR count). The number of ether oxygens (including phenoxy) is 2. The number of hydrogen-bond donors (Lipinski definition) is 6. The van der Waals surface area contributed by atoms with Gasteiger partial charge in [-0.3, -0.25) is 19.4 Å². The van der Waals surface area contributed by atoms with Crippen LogP contribution in [0.2, 0.25) is 0 Å². The number of pyridine rings is 2. The van der Waals surface area contributed by atoms with Gasteiger partial charge in [0.05, 0.1) is 45.3 Å². The molecule has 0 saturated carbocycles. The van der Waals surface area contributed by atoms with Crippen LogP contribution in [0.5, 0.6) is 11.5 Å². The van der Waals surface area contributed by atoms with Gasteiger partial charge in [0.1, 0.15) is 18.1 Å². The molecule has 1 atom stereocenters. The monoisotopic (exact) mass is 902 g/mol. The molecule has 8 aromatic rings. The number of aromatic nitrogens is 2. The number of primary amides is 1. The second-order valence-electron chi connectivity index (χ2n) is 15.6. The Morgan fingerprint density at radius 3 is 2.38 bits per heavy atom. The average molecular weight is 903 g/mol. The van der Waals surface area contributed by atoms with E-state index in [1.165, 1.54) is 55.8 Å². The Labute approximate surface area is 380 Å². The van der Waals surface area contributed by atoms with E-state index in [4.69, 9.17) is 15.2 Å². The summed E-state index contributed by atoms with van der Waals surface area (Å²) in [6, 6.07) is 39.4. The fraction of sp³-hybridized carbons (Fsp3) is 0.137. The number of nitrogens with zero attached hydrogens (tertiary/aromatic N) is 1. The van der Waals surface area contributed by atoms with Gasteiger partial charge in [-0.25, -0.2) is 8.42 Å². The summed E-state index contributed by atoms with van der Waals surface area (Å²) in [5, 5.41) is 21.6. The van der Waals surface area contributed by atoms with Crippen LogP contribution in [-0.4, -0.2) is 55.5 Å². The minimum atomic E-state index is -4.19. The Morgan fingerprint density at radius 1 is 0.818 bits per heavy atom. The first-order valence-corrected chi connectivity index (χ1v) is 22.5. The molecule has 0 aliphatic carbocycles. The minimum Gasteiger partial charge on any atom is -0.497 e. The van der Waals surface area contributed by atoms with Gasteiger partial charge in [0.2, 0.25) is 15.4 Å². The normalized spacial score (nSPS) is 11.9. The van der Waals surface area contributed by atoms with Crippen LogP contribution < -0.4 is 36.7 Å². The van der Waals surface area contributed by atoms with Crippen molar-refractivity contribution < 1.29 is 32.6 Å². The number of anilines is 3. The first-order valence-electron chi connectivity index (χ1n) is 21.0. The summed E-state index contributed by atoms with van der Waals surface area (Å²) in [6.07, 6.45) is 1.13. The Hall–Kier alpha value is -7.85. The molecule has 14 nitrogen and oxygen atoms in total. The van der Waals surface area contributed by atoms with Crippen molar-refractivity contribution in [1.29, 1.82) is 0 Å². The zero-order chi connectivity index (χ0) is 46.4. The van der Waals surface area contributed by atoms with Crippen LogP contribution in [0.15, 0.2) is 160 Å². The standard InChI is InChI=1S/C51H46N6O8S/c1-31-24-39(27-42-47(31)54-28-43(50(52)60)48(42)55-36-11-7-12-37(26-36)64-2)66(62,63)38-13-6-10-34(25-38)51(61)56-35-16-14-32(15-17-35)22-23-53-29-44(58)40-18-20-45(49-41(40)19-21-46(59)57-49)65-30-33-8-4-3-5-9-33/h3-21,24-28,44,53,58H,22-23,29-30H2,1-2H3,(H2,52,60)(H,54,55)(H,56,61)(H,57,59). The molecular weight excluding hydrogens is 857 g/mol. The maximum Gasteiger partial charge on any atom is 0.255 e. The molecule has 2 aromatic heterocycles. The van der Waals surface area contributed by atoms with Crippen LogP contribution in [0.4, 0.5) is 17.1 Å². The lowest BCUT2D eigenvalue weighted by Crippen LogP contribution is -2.24. The lowest BCUT2D eigenvalue weighted by atomic mass is 10.0. The highest BCUT2D eigenvalue weighted by Crippen LogP contribution is 2.35. The average Bonchev–Trinajstić information content (AvgIpc) is 3.33. The van der Waals surface area contributed by atoms with E-state index in [0.717, 1.165) is 11.1 Å². The van der Waals surface area contributed by atoms with Crippen LogP contribution in [0, 0.1) is 6.92 Å². The Balaban J connectivity index is 0.905. The summed E-state index contributed by atoms with van der Waals surface area (Å²) in [5.74, 6) is -0.173. The van der Waals surface area contributed by atoms with E-state index in [-0.39, 0.29) is 38.7 Å². The summed E-state index contributed by atoms with van der Waals surface area (Å²) in [7, 11) is -2.66. The number of aliphatic hydroxyl groups is 1. The van der Waals surface area contributed by atoms with E-state index >= 15 is 0 Å². The van der Waals surface area contributed by atoms with Gasteiger partial charge in [-0.05, 0) is 109 Å². The second-order valence-corrected chi connectivity index (χ2v) is 17.5. The predicted molar refractivity (Wildman–Crippen MR) is 254 cm³/mol. The molecule has 66 heavy (non-hydrogen) atoms. The van der Waals surface area contributed by atoms with Crippen molar-refractivity contribution in [2.24, 2.45) is 5.73 Å². The number of aromatic amines is 1. The number of sulfone groups is 1. The maximum absolute atomic E-state index is 14.2. The molecule has 2 amide bonds. The maximum atomic E-state index is 14.2. The van der Waals surface area contributed by atoms with Gasteiger partial charge in [-0.2, -0.15) is 0 Å². The van der Waals surface area contributed by atoms with Gasteiger partial charge in [0.15, 0.2) is 0 Å². The largest absolute Gasteiger partial charge is 0.497 e. The van der Waals surface area contributed by atoms with Crippen LogP contribution in [0.3, 0.4) is 0 Å². The second kappa shape index (κ2) is 19.5. The Kier molecular flexibility index (Phi) is 13.2. The van der Waals surface area contributed by atoms with Crippen molar-refractivity contribution in [2.75, 3.05) is 30.8 Å². The molecule has 0 spiro atoms. The van der Waals surface area contributed by atoms with Crippen molar-refractivity contribution in [3.05, 3.63) is 189 Å². The zero-order valence-corrected chi connectivity index (χ0v) is 36.8. The van der Waals surface area contributed by atoms with Gasteiger partial charge in [-0.15, -0.1) is 0 Å². The number of amides is 2. The number of nitrogens with two attached hydrogens (primary N) is 1. The number of benzene rings is 6. The van der Waals surface area contributed by atoms with E-state index < -0.39 is 27.8 Å². The fourth-order valence-corrected chi connectivity index (χ4v) is 9.06. The van der Waals surface area contributed by atoms with Crippen molar-refractivity contribution in [2.45, 2.75) is 35.8 Å². The van der Waals surface area contributed by atoms with Crippen LogP contribution in [0.25, 0.3) is 21.8 Å². The molecule has 0 fully saturated rings. The lowest BCUT2D eigenvalue weighted by molar-refractivity contribution is 0.0998. The van der Waals surface area contributed by atoms with Crippen LogP contribution >= 0.6 is 0 Å². The van der Waals surface area contributed by atoms with Gasteiger partial charge in [-0.1, -0.05) is 60.7 Å². The molecule has 1 unspecified atom stereocenters. The van der Waals surface area contributed by atoms with E-state index in [9.17, 15) is 27.9 Å². The number of carbonyl (C=O) groups excluding carboxylic acids is 2. The van der Waals surface area contributed by atoms with Crippen molar-refractivity contribution in [3.63, 3.8) is 0 Å². The van der Waals surface area contributed by atoms with E-state index in [0.29, 0.717) is 75.4 Å². The van der Waals surface area contributed by atoms with Gasteiger partial charge in [0, 0.05) is 52.6 Å². The Morgan fingerprint density at radius 2 is 1.61 bits per heavy atom. The molecule has 334 valence electrons. The highest BCUT2D eigenvalue weighted by Gasteiger charge is 2.24. The van der Waals surface area contributed by atoms with E-state index in [2.05, 4.69) is 25.9 Å². The molecule has 2 heterocycles. The summed E-state index contributed by atoms with van der Waals surface area (Å²) in [6.45, 7) is 2.86. The smallest absolute Gasteiger partial charge is 0.255 e. The summed E-state index contributed by atoms with van der Waals surface area (Å²) < 4.78 is 39.8. The van der Waals surface area contributed by atoms with Gasteiger partial charge < -0.3 is 41.2 Å². The predicted octanol–water partition coefficient (Wildman–Crippen LogP) is 7.77. The van der Waals surface area contributed by atoms with Crippen LogP contribution in [-0.2, 0) is 22.9 Å². The number of hydrogen-bond acceptors (Lipinski definition) is 11. The molecule has 0 aliphatic rings. The van der Waals surface area contributed by atoms with E-state index in [1.807, 2.05) is 42.5 Å². The number of fused-ring (bicyclic) bond motifs is 2. The van der Waals surface area contributed by atoms with E-state index in [1.54, 1.807) is 61.5 Å². The van der Waals surface area contributed by atoms with Crippen molar-refractivity contribution >= 4 is 60.5 Å². The molecule has 15 heteroatoms. The number of aryl methyl sites for hydroxylation is 1. The number of rotatable bonds is 17. The summed E-state index contributed by atoms with van der Waals surface area (Å²) in [4.78, 5) is 45.4. The quantitative estimate of drug-likeness (QED) is 0.0486. The molecule has 0 radical (unpaired) electrons. The van der Waals surface area contributed by atoms with Crippen LogP contribution in [0.1, 0.15) is 49.1 Å². The lowest BCUT2D eigenvalue weighted by Gasteiger charge is -2.17. The zero-order valence-electron chi connectivity index (χ0n) is 36.0. The third kappa shape index (κ3) is 9.93. The number of methoxy groups -OCH3 is 1. The molecule has 6 aromatic carbocycles. The summed E-state index contributed by atoms with van der Waals surface area (Å²) in [5.41, 5.74) is 11.2. The molecular formula is C51H46N6O8S. The SMILES string of the molecule is COc1cccc(Nc2c(C(N)=O)cnc3c(C)cc(S(=O)(=O)c4cccc(C(=O)Nc5ccc(CCNCC(O)c6ccc(OCc7ccccc7)c7[nH]c(=O)ccc67)cc5)c4)cc23)c1. The fourth-order valence-electron chi connectivity index (χ4n) is 7.64. The number of H-pyrrole nitrogens is 1. The first-order chi connectivity index (χ1) is 31.9. The first kappa shape index (κ1) is 44.7. The van der Waals surface area contributed by atoms with Gasteiger partial charge in [0.25, 0.3) is 11.8 Å². The topological polar surface area (TPSA) is 215 Å². The third-order valence-corrected chi connectivity index (χ3v) is 12.8. The Bertz CT molecular complexity index is 3270. The van der Waals surface area contributed by atoms with Crippen molar-refractivity contribution in [1.82, 2.24) is 15.3 Å². The third-order valence-electron chi connectivity index (χ3n) is 11.1. The molecule has 0 aliphatic heterocycles. The highest BCUT2D eigenvalue weighted by atomic mass is 32.2. The molecule has 0 bridgehead atoms. The van der Waals surface area contributed by atoms with Crippen molar-refractivity contribution in [3.8, 4) is 11.5 Å². The molecule has 7 N–H and O–H groups in total. The minimum absolute atomic E-state index is 0.0632. The number of carbonyl (C=O) groups is 2. The summed E-state index contributed by atoms with van der Waals surface area (Å²) >= 11 is 0. The number of nitrogens with one attached hydrogen (secondary N) is 4. The number of aliphatic hydroxyl groups excluding tert-OH is 1. The molecule has 0 saturated heterocycles. The van der Waals surface area contributed by atoms with Gasteiger partial charge >= 0.3 is 0 Å².